The average molecular weight is 444 g/mol. The van der Waals surface area contributed by atoms with Gasteiger partial charge in [0.05, 0.1) is 10.6 Å². The number of aromatic nitrogens is 1. The number of benzene rings is 2. The van der Waals surface area contributed by atoms with E-state index in [-0.39, 0.29) is 16.5 Å². The predicted octanol–water partition coefficient (Wildman–Crippen LogP) is 4.75. The molecule has 0 unspecified atom stereocenters. The summed E-state index contributed by atoms with van der Waals surface area (Å²) < 4.78 is 46.4. The number of nitrogens with zero attached hydrogens (tertiary/aromatic N) is 1. The normalized spacial score (nSPS) is 11.6. The van der Waals surface area contributed by atoms with Crippen LogP contribution in [0.25, 0.3) is 12.2 Å². The van der Waals surface area contributed by atoms with Crippen molar-refractivity contribution in [1.29, 1.82) is 0 Å². The van der Waals surface area contributed by atoms with Gasteiger partial charge < -0.3 is 9.84 Å². The Kier molecular flexibility index (Phi) is 6.55. The molecule has 162 valence electrons. The molecule has 1 heterocycles. The van der Waals surface area contributed by atoms with Gasteiger partial charge in [-0.1, -0.05) is 36.4 Å². The van der Waals surface area contributed by atoms with Gasteiger partial charge in [0.2, 0.25) is 5.91 Å². The van der Waals surface area contributed by atoms with Gasteiger partial charge in [0.1, 0.15) is 17.2 Å². The maximum absolute atomic E-state index is 13.7. The van der Waals surface area contributed by atoms with E-state index in [2.05, 4.69) is 15.2 Å². The molecule has 0 atom stereocenters. The number of hydrogen-bond acceptors (Lipinski definition) is 5. The number of aryl methyl sites for hydroxylation is 2. The lowest BCUT2D eigenvalue weighted by Gasteiger charge is -2.09. The Hall–Kier alpha value is -3.46. The number of halogens is 1. The van der Waals surface area contributed by atoms with Crippen LogP contribution in [-0.2, 0) is 14.8 Å². The molecule has 1 amide bonds. The van der Waals surface area contributed by atoms with E-state index in [1.807, 2.05) is 0 Å². The van der Waals surface area contributed by atoms with Crippen LogP contribution in [0.15, 0.2) is 51.9 Å². The molecule has 0 radical (unpaired) electrons. The van der Waals surface area contributed by atoms with Crippen LogP contribution in [0.4, 0.5) is 15.8 Å². The summed E-state index contributed by atoms with van der Waals surface area (Å²) in [6.45, 7) is 5.06. The number of carbonyl (C=O) groups is 1. The molecule has 0 aliphatic rings. The fourth-order valence-corrected chi connectivity index (χ4v) is 3.73. The first-order chi connectivity index (χ1) is 14.7. The van der Waals surface area contributed by atoms with E-state index in [0.717, 1.165) is 6.07 Å². The number of nitrogens with one attached hydrogen (secondary N) is 2. The van der Waals surface area contributed by atoms with Crippen molar-refractivity contribution < 1.29 is 22.1 Å². The second-order valence-electron chi connectivity index (χ2n) is 6.88. The maximum Gasteiger partial charge on any atom is 0.261 e. The minimum Gasteiger partial charge on any atom is -0.354 e. The zero-order valence-corrected chi connectivity index (χ0v) is 18.1. The Morgan fingerprint density at radius 2 is 1.84 bits per heavy atom. The van der Waals surface area contributed by atoms with Crippen LogP contribution in [0.1, 0.15) is 35.9 Å². The molecule has 0 saturated carbocycles. The molecular formula is C22H22FN3O4S. The average Bonchev–Trinajstić information content (AvgIpc) is 3.08. The Morgan fingerprint density at radius 1 is 1.13 bits per heavy atom. The smallest absolute Gasteiger partial charge is 0.261 e. The largest absolute Gasteiger partial charge is 0.354 e. The van der Waals surface area contributed by atoms with Crippen molar-refractivity contribution in [3.63, 3.8) is 0 Å². The Balaban J connectivity index is 1.76. The lowest BCUT2D eigenvalue weighted by Crippen LogP contribution is -2.13. The van der Waals surface area contributed by atoms with Gasteiger partial charge in [-0.2, -0.15) is 0 Å². The third kappa shape index (κ3) is 5.37. The monoisotopic (exact) mass is 443 g/mol. The van der Waals surface area contributed by atoms with Gasteiger partial charge >= 0.3 is 0 Å². The first kappa shape index (κ1) is 22.2. The summed E-state index contributed by atoms with van der Waals surface area (Å²) >= 11 is 0. The molecule has 31 heavy (non-hydrogen) atoms. The third-order valence-corrected chi connectivity index (χ3v) is 5.91. The molecule has 7 nitrogen and oxygen atoms in total. The molecule has 0 bridgehead atoms. The number of anilines is 2. The predicted molar refractivity (Wildman–Crippen MR) is 117 cm³/mol. The molecule has 1 aromatic heterocycles. The zero-order chi connectivity index (χ0) is 22.6. The van der Waals surface area contributed by atoms with Crippen LogP contribution < -0.4 is 10.0 Å². The second kappa shape index (κ2) is 9.13. The molecule has 0 spiro atoms. The van der Waals surface area contributed by atoms with E-state index in [0.29, 0.717) is 34.7 Å². The fraction of sp³-hybridized carbons (Fsp3) is 0.182. The van der Waals surface area contributed by atoms with Gasteiger partial charge in [-0.25, -0.2) is 12.8 Å². The van der Waals surface area contributed by atoms with E-state index >= 15 is 0 Å². The van der Waals surface area contributed by atoms with E-state index in [1.54, 1.807) is 45.1 Å². The number of sulfonamides is 1. The molecular weight excluding hydrogens is 421 g/mol. The van der Waals surface area contributed by atoms with Crippen molar-refractivity contribution in [2.45, 2.75) is 32.1 Å². The van der Waals surface area contributed by atoms with Gasteiger partial charge in [-0.15, -0.1) is 0 Å². The van der Waals surface area contributed by atoms with Crippen LogP contribution >= 0.6 is 0 Å². The van der Waals surface area contributed by atoms with E-state index < -0.39 is 15.8 Å². The highest BCUT2D eigenvalue weighted by Gasteiger charge is 2.15. The minimum atomic E-state index is -3.86. The minimum absolute atomic E-state index is 0.0389. The van der Waals surface area contributed by atoms with Gasteiger partial charge in [0, 0.05) is 6.42 Å². The number of amides is 1. The van der Waals surface area contributed by atoms with Crippen molar-refractivity contribution in [3.05, 3.63) is 70.9 Å². The standard InChI is InChI=1S/C22H22FN3O4S/c1-4-21(27)24-22-15(3)25-30-20(22)12-8-16-6-10-18(11-7-16)31(28,29)26-17-9-5-14(2)19(23)13-17/h5-13,26H,4H2,1-3H3,(H,24,27). The van der Waals surface area contributed by atoms with Crippen molar-refractivity contribution in [3.8, 4) is 0 Å². The SMILES string of the molecule is CCC(=O)Nc1c(C)noc1C=Cc1ccc(S(=O)(=O)Nc2ccc(C)c(F)c2)cc1. The molecule has 0 fully saturated rings. The van der Waals surface area contributed by atoms with Crippen LogP contribution in [0.5, 0.6) is 0 Å². The Bertz CT molecular complexity index is 1230. The summed E-state index contributed by atoms with van der Waals surface area (Å²) in [5.41, 5.74) is 2.34. The summed E-state index contributed by atoms with van der Waals surface area (Å²) in [6, 6.07) is 10.3. The van der Waals surface area contributed by atoms with Crippen LogP contribution in [0.2, 0.25) is 0 Å². The molecule has 3 rings (SSSR count). The molecule has 0 aliphatic carbocycles. The number of hydrogen-bond donors (Lipinski definition) is 2. The highest BCUT2D eigenvalue weighted by molar-refractivity contribution is 7.92. The molecule has 3 aromatic rings. The van der Waals surface area contributed by atoms with Crippen LogP contribution in [0.3, 0.4) is 0 Å². The number of carbonyl (C=O) groups excluding carboxylic acids is 1. The van der Waals surface area contributed by atoms with Crippen molar-refractivity contribution in [2.75, 3.05) is 10.0 Å². The van der Waals surface area contributed by atoms with Crippen molar-refractivity contribution in [1.82, 2.24) is 5.16 Å². The lowest BCUT2D eigenvalue weighted by atomic mass is 10.2. The zero-order valence-electron chi connectivity index (χ0n) is 17.3. The lowest BCUT2D eigenvalue weighted by molar-refractivity contribution is -0.115. The van der Waals surface area contributed by atoms with Gasteiger partial charge in [0.15, 0.2) is 5.76 Å². The van der Waals surface area contributed by atoms with Gasteiger partial charge in [-0.05, 0) is 55.3 Å². The highest BCUT2D eigenvalue weighted by atomic mass is 32.2. The third-order valence-electron chi connectivity index (χ3n) is 4.52. The van der Waals surface area contributed by atoms with Crippen LogP contribution in [-0.4, -0.2) is 19.5 Å². The Labute approximate surface area is 180 Å². The molecule has 9 heteroatoms. The van der Waals surface area contributed by atoms with E-state index in [4.69, 9.17) is 4.52 Å². The first-order valence-electron chi connectivity index (χ1n) is 9.53. The summed E-state index contributed by atoms with van der Waals surface area (Å²) in [7, 11) is -3.86. The number of rotatable bonds is 7. The maximum atomic E-state index is 13.7. The van der Waals surface area contributed by atoms with E-state index in [1.165, 1.54) is 24.3 Å². The van der Waals surface area contributed by atoms with E-state index in [9.17, 15) is 17.6 Å². The summed E-state index contributed by atoms with van der Waals surface area (Å²) in [4.78, 5) is 11.7. The molecule has 2 aromatic carbocycles. The van der Waals surface area contributed by atoms with Crippen LogP contribution in [0, 0.1) is 19.7 Å². The molecule has 0 saturated heterocycles. The summed E-state index contributed by atoms with van der Waals surface area (Å²) in [5, 5.41) is 6.60. The van der Waals surface area contributed by atoms with Gasteiger partial charge in [0.25, 0.3) is 10.0 Å². The molecule has 2 N–H and O–H groups in total. The van der Waals surface area contributed by atoms with Gasteiger partial charge in [-0.3, -0.25) is 9.52 Å². The van der Waals surface area contributed by atoms with Crippen molar-refractivity contribution >= 4 is 39.5 Å². The summed E-state index contributed by atoms with van der Waals surface area (Å²) in [5.74, 6) is -0.256. The van der Waals surface area contributed by atoms with Crippen molar-refractivity contribution in [2.24, 2.45) is 0 Å². The highest BCUT2D eigenvalue weighted by Crippen LogP contribution is 2.23. The molecule has 0 aliphatic heterocycles. The quantitative estimate of drug-likeness (QED) is 0.549. The second-order valence-corrected chi connectivity index (χ2v) is 8.56. The Morgan fingerprint density at radius 3 is 2.48 bits per heavy atom. The first-order valence-corrected chi connectivity index (χ1v) is 11.0. The summed E-state index contributed by atoms with van der Waals surface area (Å²) in [6.07, 6.45) is 3.68. The topological polar surface area (TPSA) is 101 Å². The fourth-order valence-electron chi connectivity index (χ4n) is 2.68.